The molecule has 1 heterocycles. The summed E-state index contributed by atoms with van der Waals surface area (Å²) in [5.74, 6) is -1.06. The van der Waals surface area contributed by atoms with Crippen LogP contribution >= 0.6 is 0 Å². The zero-order valence-corrected chi connectivity index (χ0v) is 10.8. The van der Waals surface area contributed by atoms with E-state index >= 15 is 0 Å². The Morgan fingerprint density at radius 2 is 2.00 bits per heavy atom. The minimum atomic E-state index is -0.531. The molecule has 5 heteroatoms. The molecule has 1 aromatic carbocycles. The van der Waals surface area contributed by atoms with Crippen molar-refractivity contribution in [3.05, 3.63) is 53.4 Å². The number of hydrogen-bond donors (Lipinski definition) is 1. The van der Waals surface area contributed by atoms with Crippen LogP contribution in [-0.4, -0.2) is 15.8 Å². The molecule has 102 valence electrons. The number of hydrogen-bond acceptors (Lipinski definition) is 2. The second kappa shape index (κ2) is 5.93. The van der Waals surface area contributed by atoms with Crippen LogP contribution in [0.1, 0.15) is 17.5 Å². The van der Waals surface area contributed by atoms with Crippen molar-refractivity contribution in [2.24, 2.45) is 12.8 Å². The fraction of sp³-hybridized carbons (Fsp3) is 0.357. The fourth-order valence-electron chi connectivity index (χ4n) is 2.04. The van der Waals surface area contributed by atoms with Gasteiger partial charge in [0.25, 0.3) is 0 Å². The van der Waals surface area contributed by atoms with E-state index in [0.717, 1.165) is 12.0 Å². The van der Waals surface area contributed by atoms with Crippen LogP contribution in [0.5, 0.6) is 0 Å². The Morgan fingerprint density at radius 3 is 2.58 bits per heavy atom. The summed E-state index contributed by atoms with van der Waals surface area (Å²) in [7, 11) is 1.85. The summed E-state index contributed by atoms with van der Waals surface area (Å²) in [5.41, 5.74) is 7.08. The van der Waals surface area contributed by atoms with Crippen molar-refractivity contribution in [3.8, 4) is 0 Å². The summed E-state index contributed by atoms with van der Waals surface area (Å²) >= 11 is 0. The number of halogens is 2. The zero-order chi connectivity index (χ0) is 13.8. The molecule has 0 saturated carbocycles. The average Bonchev–Trinajstić information content (AvgIpc) is 2.77. The van der Waals surface area contributed by atoms with E-state index in [0.29, 0.717) is 6.42 Å². The van der Waals surface area contributed by atoms with E-state index in [-0.39, 0.29) is 18.0 Å². The van der Waals surface area contributed by atoms with Crippen LogP contribution in [0.15, 0.2) is 30.6 Å². The lowest BCUT2D eigenvalue weighted by Crippen LogP contribution is -2.24. The molecule has 0 radical (unpaired) electrons. The summed E-state index contributed by atoms with van der Waals surface area (Å²) in [6.45, 7) is 0. The van der Waals surface area contributed by atoms with Gasteiger partial charge in [0.2, 0.25) is 0 Å². The monoisotopic (exact) mass is 265 g/mol. The first-order chi connectivity index (χ1) is 9.06. The average molecular weight is 265 g/mol. The van der Waals surface area contributed by atoms with Crippen molar-refractivity contribution in [1.82, 2.24) is 9.78 Å². The van der Waals surface area contributed by atoms with Gasteiger partial charge in [0.1, 0.15) is 11.6 Å². The highest BCUT2D eigenvalue weighted by atomic mass is 19.1. The highest BCUT2D eigenvalue weighted by Crippen LogP contribution is 2.15. The smallest absolute Gasteiger partial charge is 0.129 e. The molecular weight excluding hydrogens is 248 g/mol. The lowest BCUT2D eigenvalue weighted by atomic mass is 10.0. The summed E-state index contributed by atoms with van der Waals surface area (Å²) < 4.78 is 28.7. The number of nitrogens with two attached hydrogens (primary N) is 1. The fourth-order valence-corrected chi connectivity index (χ4v) is 2.04. The first-order valence-corrected chi connectivity index (χ1v) is 6.22. The van der Waals surface area contributed by atoms with E-state index in [2.05, 4.69) is 5.10 Å². The Hall–Kier alpha value is -1.75. The first-order valence-electron chi connectivity index (χ1n) is 6.22. The number of aryl methyl sites for hydroxylation is 2. The second-order valence-electron chi connectivity index (χ2n) is 4.73. The van der Waals surface area contributed by atoms with Crippen molar-refractivity contribution in [2.45, 2.75) is 25.3 Å². The predicted octanol–water partition coefficient (Wildman–Crippen LogP) is 2.20. The van der Waals surface area contributed by atoms with Crippen molar-refractivity contribution < 1.29 is 8.78 Å². The number of rotatable bonds is 5. The van der Waals surface area contributed by atoms with Crippen molar-refractivity contribution in [1.29, 1.82) is 0 Å². The standard InChI is InChI=1S/C14H17F2N3/c1-19-9-10(8-18-19)5-6-11(17)7-12-13(15)3-2-4-14(12)16/h2-4,8-9,11H,5-7,17H2,1H3. The Labute approximate surface area is 111 Å². The molecule has 0 spiro atoms. The third-order valence-electron chi connectivity index (χ3n) is 3.09. The Balaban J connectivity index is 1.92. The van der Waals surface area contributed by atoms with Gasteiger partial charge in [-0.1, -0.05) is 6.07 Å². The molecule has 0 fully saturated rings. The van der Waals surface area contributed by atoms with Gasteiger partial charge >= 0.3 is 0 Å². The van der Waals surface area contributed by atoms with Crippen LogP contribution < -0.4 is 5.73 Å². The van der Waals surface area contributed by atoms with Gasteiger partial charge in [-0.2, -0.15) is 5.10 Å². The molecule has 3 nitrogen and oxygen atoms in total. The lowest BCUT2D eigenvalue weighted by Gasteiger charge is -2.12. The molecule has 2 rings (SSSR count). The van der Waals surface area contributed by atoms with E-state index in [4.69, 9.17) is 5.73 Å². The minimum absolute atomic E-state index is 0.0705. The Kier molecular flexibility index (Phi) is 4.27. The summed E-state index contributed by atoms with van der Waals surface area (Å²) in [5, 5.41) is 4.06. The summed E-state index contributed by atoms with van der Waals surface area (Å²) in [6, 6.07) is 3.60. The molecule has 0 amide bonds. The number of benzene rings is 1. The molecule has 2 aromatic rings. The highest BCUT2D eigenvalue weighted by molar-refractivity contribution is 5.20. The maximum Gasteiger partial charge on any atom is 0.129 e. The van der Waals surface area contributed by atoms with Crippen LogP contribution in [0.25, 0.3) is 0 Å². The van der Waals surface area contributed by atoms with E-state index in [1.54, 1.807) is 10.9 Å². The molecule has 19 heavy (non-hydrogen) atoms. The lowest BCUT2D eigenvalue weighted by molar-refractivity contribution is 0.523. The largest absolute Gasteiger partial charge is 0.327 e. The molecular formula is C14H17F2N3. The molecule has 2 N–H and O–H groups in total. The molecule has 1 aromatic heterocycles. The third kappa shape index (κ3) is 3.61. The molecule has 1 unspecified atom stereocenters. The quantitative estimate of drug-likeness (QED) is 0.900. The molecule has 0 aliphatic rings. The van der Waals surface area contributed by atoms with Crippen LogP contribution in [0.3, 0.4) is 0 Å². The maximum absolute atomic E-state index is 13.5. The van der Waals surface area contributed by atoms with E-state index in [1.807, 2.05) is 13.2 Å². The van der Waals surface area contributed by atoms with Gasteiger partial charge in [0, 0.05) is 24.8 Å². The Morgan fingerprint density at radius 1 is 1.32 bits per heavy atom. The van der Waals surface area contributed by atoms with E-state index in [1.165, 1.54) is 18.2 Å². The number of nitrogens with zero attached hydrogens (tertiary/aromatic N) is 2. The van der Waals surface area contributed by atoms with Gasteiger partial charge in [-0.15, -0.1) is 0 Å². The van der Waals surface area contributed by atoms with Gasteiger partial charge in [-0.3, -0.25) is 4.68 Å². The third-order valence-corrected chi connectivity index (χ3v) is 3.09. The van der Waals surface area contributed by atoms with Gasteiger partial charge in [-0.25, -0.2) is 8.78 Å². The van der Waals surface area contributed by atoms with Crippen molar-refractivity contribution in [2.75, 3.05) is 0 Å². The molecule has 0 aliphatic heterocycles. The van der Waals surface area contributed by atoms with Crippen LogP contribution in [0, 0.1) is 11.6 Å². The van der Waals surface area contributed by atoms with E-state index in [9.17, 15) is 8.78 Å². The van der Waals surface area contributed by atoms with Gasteiger partial charge in [-0.05, 0) is 37.0 Å². The SMILES string of the molecule is Cn1cc(CCC(N)Cc2c(F)cccc2F)cn1. The van der Waals surface area contributed by atoms with Crippen molar-refractivity contribution in [3.63, 3.8) is 0 Å². The molecule has 0 saturated heterocycles. The highest BCUT2D eigenvalue weighted by Gasteiger charge is 2.13. The van der Waals surface area contributed by atoms with Crippen LogP contribution in [0.2, 0.25) is 0 Å². The molecule has 0 aliphatic carbocycles. The molecule has 1 atom stereocenters. The topological polar surface area (TPSA) is 43.8 Å². The zero-order valence-electron chi connectivity index (χ0n) is 10.8. The second-order valence-corrected chi connectivity index (χ2v) is 4.73. The summed E-state index contributed by atoms with van der Waals surface area (Å²) in [6.07, 6.45) is 5.32. The van der Waals surface area contributed by atoms with Gasteiger partial charge in [0.05, 0.1) is 6.20 Å². The van der Waals surface area contributed by atoms with Gasteiger partial charge in [0.15, 0.2) is 0 Å². The van der Waals surface area contributed by atoms with Crippen LogP contribution in [-0.2, 0) is 19.9 Å². The van der Waals surface area contributed by atoms with Gasteiger partial charge < -0.3 is 5.73 Å². The summed E-state index contributed by atoms with van der Waals surface area (Å²) in [4.78, 5) is 0. The Bertz CT molecular complexity index is 531. The first kappa shape index (κ1) is 13.7. The predicted molar refractivity (Wildman–Crippen MR) is 69.6 cm³/mol. The van der Waals surface area contributed by atoms with Crippen LogP contribution in [0.4, 0.5) is 8.78 Å². The number of aromatic nitrogens is 2. The minimum Gasteiger partial charge on any atom is -0.327 e. The normalized spacial score (nSPS) is 12.6. The van der Waals surface area contributed by atoms with E-state index < -0.39 is 11.6 Å². The van der Waals surface area contributed by atoms with Crippen molar-refractivity contribution >= 4 is 0 Å². The maximum atomic E-state index is 13.5. The molecule has 0 bridgehead atoms.